The van der Waals surface area contributed by atoms with Crippen LogP contribution >= 0.6 is 0 Å². The molecule has 1 aliphatic heterocycles. The lowest BCUT2D eigenvalue weighted by Crippen LogP contribution is -2.64. The summed E-state index contributed by atoms with van der Waals surface area (Å²) in [6.45, 7) is 17.5. The second-order valence-electron chi connectivity index (χ2n) is 14.7. The number of carbonyl (C=O) groups excluding carboxylic acids is 1. The number of hydrogen-bond acceptors (Lipinski definition) is 4. The summed E-state index contributed by atoms with van der Waals surface area (Å²) < 4.78 is 6.68. The Bertz CT molecular complexity index is 913. The van der Waals surface area contributed by atoms with Crippen LogP contribution in [0, 0.1) is 39.4 Å². The van der Waals surface area contributed by atoms with Gasteiger partial charge in [0.1, 0.15) is 5.78 Å². The van der Waals surface area contributed by atoms with Gasteiger partial charge in [0.25, 0.3) is 0 Å². The first-order chi connectivity index (χ1) is 15.5. The van der Waals surface area contributed by atoms with E-state index in [4.69, 9.17) is 4.74 Å². The van der Waals surface area contributed by atoms with Crippen molar-refractivity contribution in [3.63, 3.8) is 0 Å². The van der Waals surface area contributed by atoms with Gasteiger partial charge in [-0.25, -0.2) is 0 Å². The molecule has 0 aromatic carbocycles. The van der Waals surface area contributed by atoms with Crippen molar-refractivity contribution in [1.82, 2.24) is 0 Å². The molecule has 1 saturated heterocycles. The van der Waals surface area contributed by atoms with Crippen LogP contribution in [-0.4, -0.2) is 39.4 Å². The highest BCUT2D eigenvalue weighted by molar-refractivity contribution is 5.88. The first-order valence-corrected chi connectivity index (χ1v) is 13.8. The SMILES string of the molecule is CC(C)(O)[C@@H]1CC[C@@](C)([C@H]2CC[C@@]3(C)[C@@H]4CC=C5[C@@H](CC[C@H](O)C5(C)C)[C@]4(C)C(=O)C[C@]23C)O1. The number of fused-ring (bicyclic) bond motifs is 5. The molecule has 4 fully saturated rings. The Hall–Kier alpha value is -0.710. The number of ether oxygens (including phenoxy) is 1. The number of aliphatic hydroxyl groups is 2. The van der Waals surface area contributed by atoms with Crippen LogP contribution in [0.3, 0.4) is 0 Å². The number of hydrogen-bond donors (Lipinski definition) is 2. The molecule has 0 unspecified atom stereocenters. The normalized spacial score (nSPS) is 52.6. The zero-order chi connectivity index (χ0) is 25.1. The molecule has 0 amide bonds. The zero-order valence-electron chi connectivity index (χ0n) is 22.8. The minimum Gasteiger partial charge on any atom is -0.392 e. The lowest BCUT2D eigenvalue weighted by molar-refractivity contribution is -0.190. The number of rotatable bonds is 2. The van der Waals surface area contributed by atoms with Gasteiger partial charge in [0.15, 0.2) is 0 Å². The third-order valence-electron chi connectivity index (χ3n) is 12.5. The molecular formula is C30H48O4. The van der Waals surface area contributed by atoms with Crippen molar-refractivity contribution < 1.29 is 19.7 Å². The first-order valence-electron chi connectivity index (χ1n) is 13.8. The Morgan fingerprint density at radius 1 is 0.941 bits per heavy atom. The van der Waals surface area contributed by atoms with E-state index in [1.807, 2.05) is 13.8 Å². The predicted octanol–water partition coefficient (Wildman–Crippen LogP) is 5.84. The number of carbonyl (C=O) groups is 1. The molecule has 0 spiro atoms. The molecule has 1 heterocycles. The van der Waals surface area contributed by atoms with Crippen LogP contribution in [-0.2, 0) is 9.53 Å². The van der Waals surface area contributed by atoms with Crippen molar-refractivity contribution in [2.75, 3.05) is 0 Å². The largest absolute Gasteiger partial charge is 0.392 e. The molecule has 3 saturated carbocycles. The summed E-state index contributed by atoms with van der Waals surface area (Å²) in [4.78, 5) is 14.3. The molecule has 4 nitrogen and oxygen atoms in total. The minimum absolute atomic E-state index is 0.0712. The highest BCUT2D eigenvalue weighted by Crippen LogP contribution is 2.75. The predicted molar refractivity (Wildman–Crippen MR) is 134 cm³/mol. The molecule has 0 bridgehead atoms. The quantitative estimate of drug-likeness (QED) is 0.496. The smallest absolute Gasteiger partial charge is 0.140 e. The van der Waals surface area contributed by atoms with Crippen LogP contribution < -0.4 is 0 Å². The van der Waals surface area contributed by atoms with E-state index in [2.05, 4.69) is 47.6 Å². The van der Waals surface area contributed by atoms with E-state index < -0.39 is 5.60 Å². The van der Waals surface area contributed by atoms with Gasteiger partial charge in [-0.3, -0.25) is 4.79 Å². The maximum absolute atomic E-state index is 14.3. The van der Waals surface area contributed by atoms with Gasteiger partial charge < -0.3 is 14.9 Å². The topological polar surface area (TPSA) is 66.8 Å². The van der Waals surface area contributed by atoms with Gasteiger partial charge in [0, 0.05) is 17.3 Å². The second-order valence-corrected chi connectivity index (χ2v) is 14.7. The van der Waals surface area contributed by atoms with Crippen LogP contribution in [0.25, 0.3) is 0 Å². The van der Waals surface area contributed by atoms with E-state index in [9.17, 15) is 15.0 Å². The van der Waals surface area contributed by atoms with Crippen molar-refractivity contribution in [2.45, 2.75) is 130 Å². The first kappa shape index (κ1) is 25.0. The fourth-order valence-corrected chi connectivity index (χ4v) is 10.0. The average molecular weight is 473 g/mol. The molecule has 4 heteroatoms. The summed E-state index contributed by atoms with van der Waals surface area (Å²) in [5.41, 5.74) is -0.443. The van der Waals surface area contributed by atoms with Crippen LogP contribution in [0.2, 0.25) is 0 Å². The van der Waals surface area contributed by atoms with Gasteiger partial charge in [-0.15, -0.1) is 0 Å². The lowest BCUT2D eigenvalue weighted by Gasteiger charge is -2.65. The van der Waals surface area contributed by atoms with Crippen LogP contribution in [0.4, 0.5) is 0 Å². The van der Waals surface area contributed by atoms with Gasteiger partial charge >= 0.3 is 0 Å². The Labute approximate surface area is 206 Å². The molecular weight excluding hydrogens is 424 g/mol. The van der Waals surface area contributed by atoms with E-state index in [1.165, 1.54) is 5.57 Å². The zero-order valence-corrected chi connectivity index (χ0v) is 22.8. The second kappa shape index (κ2) is 7.19. The van der Waals surface area contributed by atoms with Crippen LogP contribution in [0.15, 0.2) is 11.6 Å². The molecule has 0 aromatic heterocycles. The van der Waals surface area contributed by atoms with Crippen LogP contribution in [0.1, 0.15) is 107 Å². The van der Waals surface area contributed by atoms with Crippen molar-refractivity contribution >= 4 is 5.78 Å². The molecule has 0 aromatic rings. The van der Waals surface area contributed by atoms with Gasteiger partial charge in [0.05, 0.1) is 23.4 Å². The number of allylic oxidation sites excluding steroid dienone is 1. The molecule has 34 heavy (non-hydrogen) atoms. The molecule has 4 aliphatic carbocycles. The molecule has 9 atom stereocenters. The Kier molecular flexibility index (Phi) is 5.28. The summed E-state index contributed by atoms with van der Waals surface area (Å²) in [6, 6.07) is 0. The maximum Gasteiger partial charge on any atom is 0.140 e. The fourth-order valence-electron chi connectivity index (χ4n) is 10.0. The van der Waals surface area contributed by atoms with Gasteiger partial charge in [-0.1, -0.05) is 46.3 Å². The number of aliphatic hydroxyl groups excluding tert-OH is 1. The summed E-state index contributed by atoms with van der Waals surface area (Å²) in [5, 5.41) is 21.4. The Morgan fingerprint density at radius 2 is 1.62 bits per heavy atom. The monoisotopic (exact) mass is 472 g/mol. The number of ketones is 1. The molecule has 192 valence electrons. The molecule has 0 radical (unpaired) electrons. The van der Waals surface area contributed by atoms with E-state index in [0.29, 0.717) is 24.0 Å². The van der Waals surface area contributed by atoms with Crippen molar-refractivity contribution in [2.24, 2.45) is 39.4 Å². The molecule has 2 N–H and O–H groups in total. The van der Waals surface area contributed by atoms with Crippen molar-refractivity contribution in [1.29, 1.82) is 0 Å². The third kappa shape index (κ3) is 2.97. The van der Waals surface area contributed by atoms with Gasteiger partial charge in [-0.2, -0.15) is 0 Å². The number of Topliss-reactive ketones (excluding diaryl/α,β-unsaturated/α-hetero) is 1. The average Bonchev–Trinajstić information content (AvgIpc) is 3.24. The Balaban J connectivity index is 1.53. The highest BCUT2D eigenvalue weighted by Gasteiger charge is 2.72. The summed E-state index contributed by atoms with van der Waals surface area (Å²) in [6.07, 6.45) is 9.27. The molecule has 5 aliphatic rings. The Morgan fingerprint density at radius 3 is 2.24 bits per heavy atom. The van der Waals surface area contributed by atoms with Crippen molar-refractivity contribution in [3.05, 3.63) is 11.6 Å². The fraction of sp³-hybridized carbons (Fsp3) is 0.900. The minimum atomic E-state index is -0.843. The summed E-state index contributed by atoms with van der Waals surface area (Å²) in [5.74, 6) is 1.33. The highest BCUT2D eigenvalue weighted by atomic mass is 16.5. The van der Waals surface area contributed by atoms with E-state index in [-0.39, 0.29) is 45.4 Å². The molecule has 5 rings (SSSR count). The van der Waals surface area contributed by atoms with Crippen LogP contribution in [0.5, 0.6) is 0 Å². The van der Waals surface area contributed by atoms with E-state index in [1.54, 1.807) is 0 Å². The van der Waals surface area contributed by atoms with Gasteiger partial charge in [-0.05, 0) is 94.3 Å². The third-order valence-corrected chi connectivity index (χ3v) is 12.5. The maximum atomic E-state index is 14.3. The van der Waals surface area contributed by atoms with E-state index in [0.717, 1.165) is 44.9 Å². The summed E-state index contributed by atoms with van der Waals surface area (Å²) >= 11 is 0. The lowest BCUT2D eigenvalue weighted by atomic mass is 9.38. The summed E-state index contributed by atoms with van der Waals surface area (Å²) in [7, 11) is 0. The van der Waals surface area contributed by atoms with Gasteiger partial charge in [0.2, 0.25) is 0 Å². The van der Waals surface area contributed by atoms with Crippen molar-refractivity contribution in [3.8, 4) is 0 Å². The van der Waals surface area contributed by atoms with E-state index >= 15 is 0 Å². The standard InChI is InChI=1S/C30H48O4/c1-25(2)18-9-11-21-27(5)15-13-20(29(7)16-14-24(34-29)26(3,4)33)28(27,6)17-23(32)30(21,8)19(18)10-12-22(25)31/h9,19-22,24,31,33H,10-17H2,1-8H3/t19-,20+,21+,22+,24+,27+,28-,29+,30+/m1/s1.